The molecule has 0 fully saturated rings. The summed E-state index contributed by atoms with van der Waals surface area (Å²) in [5.74, 6) is 0.564. The fourth-order valence-corrected chi connectivity index (χ4v) is 1.60. The van der Waals surface area contributed by atoms with Crippen LogP contribution in [0.15, 0.2) is 53.6 Å². The summed E-state index contributed by atoms with van der Waals surface area (Å²) in [6.45, 7) is 2.38. The monoisotopic (exact) mass is 256 g/mol. The fraction of sp³-hybridized carbons (Fsp3) is 0.133. The number of ether oxygens (including phenoxy) is 1. The van der Waals surface area contributed by atoms with Gasteiger partial charge in [0.1, 0.15) is 0 Å². The van der Waals surface area contributed by atoms with Gasteiger partial charge in [-0.2, -0.15) is 5.10 Å². The second-order valence-corrected chi connectivity index (χ2v) is 3.86. The van der Waals surface area contributed by atoms with E-state index < -0.39 is 0 Å². The number of nitrogens with one attached hydrogen (secondary N) is 1. The van der Waals surface area contributed by atoms with Crippen LogP contribution in [0.5, 0.6) is 11.5 Å². The molecule has 4 heteroatoms. The molecule has 0 saturated heterocycles. The van der Waals surface area contributed by atoms with E-state index in [-0.39, 0.29) is 5.75 Å². The zero-order valence-electron chi connectivity index (χ0n) is 10.7. The predicted octanol–water partition coefficient (Wildman–Crippen LogP) is 3.24. The number of aromatic hydroxyl groups is 1. The number of rotatable bonds is 5. The summed E-state index contributed by atoms with van der Waals surface area (Å²) in [4.78, 5) is 0. The van der Waals surface area contributed by atoms with Crippen molar-refractivity contribution in [1.29, 1.82) is 0 Å². The zero-order valence-corrected chi connectivity index (χ0v) is 10.7. The van der Waals surface area contributed by atoms with Crippen LogP contribution in [0.1, 0.15) is 12.5 Å². The Labute approximate surface area is 112 Å². The molecule has 0 aromatic heterocycles. The molecule has 19 heavy (non-hydrogen) atoms. The topological polar surface area (TPSA) is 53.8 Å². The first kappa shape index (κ1) is 13.0. The third-order valence-corrected chi connectivity index (χ3v) is 2.50. The minimum atomic E-state index is 0.1000. The van der Waals surface area contributed by atoms with Crippen LogP contribution in [-0.4, -0.2) is 17.9 Å². The third-order valence-electron chi connectivity index (χ3n) is 2.50. The summed E-state index contributed by atoms with van der Waals surface area (Å²) in [7, 11) is 0. The predicted molar refractivity (Wildman–Crippen MR) is 76.9 cm³/mol. The van der Waals surface area contributed by atoms with Gasteiger partial charge in [0.25, 0.3) is 0 Å². The maximum atomic E-state index is 9.97. The van der Waals surface area contributed by atoms with Crippen LogP contribution in [0.2, 0.25) is 0 Å². The Hall–Kier alpha value is -2.49. The van der Waals surface area contributed by atoms with Crippen molar-refractivity contribution in [1.82, 2.24) is 0 Å². The molecule has 0 aliphatic rings. The molecule has 0 unspecified atom stereocenters. The first-order valence-electron chi connectivity index (χ1n) is 6.10. The van der Waals surface area contributed by atoms with Gasteiger partial charge in [0.2, 0.25) is 0 Å². The fourth-order valence-electron chi connectivity index (χ4n) is 1.60. The number of phenols is 1. The number of benzene rings is 2. The summed E-state index contributed by atoms with van der Waals surface area (Å²) < 4.78 is 5.31. The minimum absolute atomic E-state index is 0.1000. The van der Waals surface area contributed by atoms with Crippen LogP contribution >= 0.6 is 0 Å². The molecule has 2 aromatic carbocycles. The van der Waals surface area contributed by atoms with E-state index in [1.807, 2.05) is 43.3 Å². The van der Waals surface area contributed by atoms with Crippen molar-refractivity contribution < 1.29 is 9.84 Å². The van der Waals surface area contributed by atoms with E-state index in [1.165, 1.54) is 0 Å². The average molecular weight is 256 g/mol. The standard InChI is InChI=1S/C15H16N2O2/c1-2-19-14-10-6-7-12(15(14)18)11-16-17-13-8-4-3-5-9-13/h3-11,17-18H,2H2,1H3/b16-11+. The molecular formula is C15H16N2O2. The van der Waals surface area contributed by atoms with Gasteiger partial charge in [-0.05, 0) is 31.2 Å². The molecule has 2 N–H and O–H groups in total. The van der Waals surface area contributed by atoms with E-state index >= 15 is 0 Å². The van der Waals surface area contributed by atoms with Gasteiger partial charge in [0, 0.05) is 5.56 Å². The molecule has 0 saturated carbocycles. The summed E-state index contributed by atoms with van der Waals surface area (Å²) >= 11 is 0. The van der Waals surface area contributed by atoms with Crippen LogP contribution in [0.4, 0.5) is 5.69 Å². The quantitative estimate of drug-likeness (QED) is 0.638. The molecule has 4 nitrogen and oxygen atoms in total. The lowest BCUT2D eigenvalue weighted by atomic mass is 10.2. The smallest absolute Gasteiger partial charge is 0.166 e. The van der Waals surface area contributed by atoms with Gasteiger partial charge < -0.3 is 9.84 Å². The molecule has 0 heterocycles. The first-order chi connectivity index (χ1) is 9.31. The van der Waals surface area contributed by atoms with Gasteiger partial charge in [-0.25, -0.2) is 0 Å². The number of para-hydroxylation sites is 2. The Morgan fingerprint density at radius 1 is 1.16 bits per heavy atom. The van der Waals surface area contributed by atoms with Crippen molar-refractivity contribution in [3.8, 4) is 11.5 Å². The molecule has 0 amide bonds. The molecule has 0 atom stereocenters. The Morgan fingerprint density at radius 2 is 1.95 bits per heavy atom. The van der Waals surface area contributed by atoms with E-state index in [0.717, 1.165) is 5.69 Å². The van der Waals surface area contributed by atoms with Gasteiger partial charge >= 0.3 is 0 Å². The molecule has 0 aliphatic heterocycles. The van der Waals surface area contributed by atoms with Gasteiger partial charge in [-0.3, -0.25) is 5.43 Å². The third kappa shape index (κ3) is 3.48. The molecular weight excluding hydrogens is 240 g/mol. The number of phenolic OH excluding ortho intramolecular Hbond substituents is 1. The summed E-state index contributed by atoms with van der Waals surface area (Å²) in [6, 6.07) is 14.9. The van der Waals surface area contributed by atoms with E-state index in [1.54, 1.807) is 18.3 Å². The Bertz CT molecular complexity index is 553. The van der Waals surface area contributed by atoms with Gasteiger partial charge in [0.05, 0.1) is 18.5 Å². The molecule has 98 valence electrons. The van der Waals surface area contributed by atoms with E-state index in [0.29, 0.717) is 17.9 Å². The molecule has 2 aromatic rings. The molecule has 0 radical (unpaired) electrons. The highest BCUT2D eigenvalue weighted by Crippen LogP contribution is 2.28. The summed E-state index contributed by atoms with van der Waals surface area (Å²) in [5, 5.41) is 14.1. The highest BCUT2D eigenvalue weighted by molar-refractivity contribution is 5.85. The molecule has 0 spiro atoms. The largest absolute Gasteiger partial charge is 0.504 e. The van der Waals surface area contributed by atoms with Crippen molar-refractivity contribution in [2.24, 2.45) is 5.10 Å². The summed E-state index contributed by atoms with van der Waals surface area (Å²) in [6.07, 6.45) is 1.56. The number of hydrogen-bond donors (Lipinski definition) is 2. The second kappa shape index (κ2) is 6.44. The summed E-state index contributed by atoms with van der Waals surface area (Å²) in [5.41, 5.74) is 4.38. The lowest BCUT2D eigenvalue weighted by Crippen LogP contribution is -1.95. The highest BCUT2D eigenvalue weighted by atomic mass is 16.5. The average Bonchev–Trinajstić information content (AvgIpc) is 2.44. The van der Waals surface area contributed by atoms with E-state index in [4.69, 9.17) is 4.74 Å². The van der Waals surface area contributed by atoms with Crippen LogP contribution in [0.3, 0.4) is 0 Å². The van der Waals surface area contributed by atoms with Crippen molar-refractivity contribution in [3.05, 3.63) is 54.1 Å². The maximum Gasteiger partial charge on any atom is 0.166 e. The Kier molecular flexibility index (Phi) is 4.39. The first-order valence-corrected chi connectivity index (χ1v) is 6.10. The Balaban J connectivity index is 2.08. The van der Waals surface area contributed by atoms with Crippen molar-refractivity contribution in [3.63, 3.8) is 0 Å². The SMILES string of the molecule is CCOc1cccc(/C=N/Nc2ccccc2)c1O. The van der Waals surface area contributed by atoms with Crippen LogP contribution in [0.25, 0.3) is 0 Å². The second-order valence-electron chi connectivity index (χ2n) is 3.86. The van der Waals surface area contributed by atoms with Crippen molar-refractivity contribution in [2.75, 3.05) is 12.0 Å². The van der Waals surface area contributed by atoms with Crippen molar-refractivity contribution >= 4 is 11.9 Å². The van der Waals surface area contributed by atoms with Crippen LogP contribution in [-0.2, 0) is 0 Å². The van der Waals surface area contributed by atoms with Crippen LogP contribution in [0, 0.1) is 0 Å². The number of nitrogens with zero attached hydrogens (tertiary/aromatic N) is 1. The highest BCUT2D eigenvalue weighted by Gasteiger charge is 2.05. The van der Waals surface area contributed by atoms with Gasteiger partial charge in [0.15, 0.2) is 11.5 Å². The van der Waals surface area contributed by atoms with E-state index in [9.17, 15) is 5.11 Å². The van der Waals surface area contributed by atoms with Crippen molar-refractivity contribution in [2.45, 2.75) is 6.92 Å². The lowest BCUT2D eigenvalue weighted by molar-refractivity contribution is 0.318. The van der Waals surface area contributed by atoms with Gasteiger partial charge in [-0.1, -0.05) is 24.3 Å². The van der Waals surface area contributed by atoms with Gasteiger partial charge in [-0.15, -0.1) is 0 Å². The molecule has 2 rings (SSSR count). The molecule has 0 bridgehead atoms. The lowest BCUT2D eigenvalue weighted by Gasteiger charge is -2.07. The van der Waals surface area contributed by atoms with Crippen LogP contribution < -0.4 is 10.2 Å². The Morgan fingerprint density at radius 3 is 2.68 bits per heavy atom. The number of anilines is 1. The minimum Gasteiger partial charge on any atom is -0.504 e. The van der Waals surface area contributed by atoms with E-state index in [2.05, 4.69) is 10.5 Å². The zero-order chi connectivity index (χ0) is 13.5. The molecule has 0 aliphatic carbocycles. The number of hydrazone groups is 1. The normalized spacial score (nSPS) is 10.6. The number of hydrogen-bond acceptors (Lipinski definition) is 4. The maximum absolute atomic E-state index is 9.97.